The number of aliphatic imine (C=N–C) groups is 1. The largest absolute Gasteiger partial charge is 0.339 e. The molecule has 0 radical (unpaired) electrons. The third-order valence-corrected chi connectivity index (χ3v) is 4.39. The van der Waals surface area contributed by atoms with Crippen molar-refractivity contribution in [1.29, 1.82) is 0 Å². The summed E-state index contributed by atoms with van der Waals surface area (Å²) in [6, 6.07) is 24.6. The average molecular weight is 329 g/mol. The molecule has 0 bridgehead atoms. The van der Waals surface area contributed by atoms with E-state index in [2.05, 4.69) is 45.6 Å². The highest BCUT2D eigenvalue weighted by Gasteiger charge is 2.02. The highest BCUT2D eigenvalue weighted by Crippen LogP contribution is 2.26. The topological polar surface area (TPSA) is 37.3 Å². The first-order valence-corrected chi connectivity index (χ1v) is 8.55. The highest BCUT2D eigenvalue weighted by atomic mass is 32.1. The van der Waals surface area contributed by atoms with Gasteiger partial charge in [0.05, 0.1) is 0 Å². The number of hydrogen-bond donors (Lipinski definition) is 1. The predicted molar refractivity (Wildman–Crippen MR) is 103 cm³/mol. The zero-order chi connectivity index (χ0) is 16.2. The number of nitrogens with zero attached hydrogens (tertiary/aromatic N) is 2. The molecule has 0 atom stereocenters. The number of anilines is 2. The van der Waals surface area contributed by atoms with Crippen LogP contribution in [0.3, 0.4) is 0 Å². The quantitative estimate of drug-likeness (QED) is 0.481. The molecule has 0 aliphatic carbocycles. The minimum absolute atomic E-state index is 0.738. The van der Waals surface area contributed by atoms with E-state index in [1.807, 2.05) is 54.1 Å². The van der Waals surface area contributed by atoms with E-state index in [-0.39, 0.29) is 0 Å². The molecular weight excluding hydrogens is 314 g/mol. The molecule has 0 amide bonds. The van der Waals surface area contributed by atoms with Gasteiger partial charge in [0.2, 0.25) is 5.13 Å². The number of fused-ring (bicyclic) bond motifs is 1. The molecule has 4 rings (SSSR count). The molecule has 0 spiro atoms. The summed E-state index contributed by atoms with van der Waals surface area (Å²) in [6.07, 6.45) is 1.83. The van der Waals surface area contributed by atoms with Gasteiger partial charge in [-0.1, -0.05) is 60.7 Å². The van der Waals surface area contributed by atoms with Crippen LogP contribution in [0.1, 0.15) is 5.56 Å². The Hall–Kier alpha value is -2.98. The van der Waals surface area contributed by atoms with Gasteiger partial charge in [-0.2, -0.15) is 0 Å². The molecule has 1 aromatic heterocycles. The first-order chi connectivity index (χ1) is 11.9. The Balaban J connectivity index is 1.51. The smallest absolute Gasteiger partial charge is 0.211 e. The van der Waals surface area contributed by atoms with Crippen molar-refractivity contribution in [3.63, 3.8) is 0 Å². The first kappa shape index (κ1) is 14.6. The molecule has 4 aromatic rings. The number of rotatable bonds is 4. The van der Waals surface area contributed by atoms with Crippen LogP contribution in [0, 0.1) is 0 Å². The van der Waals surface area contributed by atoms with E-state index in [9.17, 15) is 0 Å². The van der Waals surface area contributed by atoms with Crippen LogP contribution in [0.25, 0.3) is 10.8 Å². The van der Waals surface area contributed by atoms with E-state index in [1.54, 1.807) is 0 Å². The summed E-state index contributed by atoms with van der Waals surface area (Å²) < 4.78 is 0. The van der Waals surface area contributed by atoms with E-state index >= 15 is 0 Å². The first-order valence-electron chi connectivity index (χ1n) is 7.67. The highest BCUT2D eigenvalue weighted by molar-refractivity contribution is 7.13. The molecule has 0 unspecified atom stereocenters. The van der Waals surface area contributed by atoms with Crippen molar-refractivity contribution in [3.8, 4) is 0 Å². The van der Waals surface area contributed by atoms with Gasteiger partial charge in [-0.25, -0.2) is 9.98 Å². The SMILES string of the molecule is C(=N\c1nc(Nc2ccc3ccccc3c2)cs1)/c1ccccc1. The van der Waals surface area contributed by atoms with Gasteiger partial charge in [0.25, 0.3) is 0 Å². The van der Waals surface area contributed by atoms with E-state index in [1.165, 1.54) is 22.1 Å². The van der Waals surface area contributed by atoms with Crippen LogP contribution in [0.15, 0.2) is 83.2 Å². The van der Waals surface area contributed by atoms with Gasteiger partial charge in [0.1, 0.15) is 5.82 Å². The Morgan fingerprint density at radius 2 is 1.67 bits per heavy atom. The van der Waals surface area contributed by atoms with Gasteiger partial charge in [0, 0.05) is 17.3 Å². The molecule has 4 heteroatoms. The zero-order valence-electron chi connectivity index (χ0n) is 12.9. The van der Waals surface area contributed by atoms with Crippen molar-refractivity contribution in [3.05, 3.63) is 83.7 Å². The summed E-state index contributed by atoms with van der Waals surface area (Å²) in [5.74, 6) is 0.815. The number of benzene rings is 3. The van der Waals surface area contributed by atoms with Crippen molar-refractivity contribution in [1.82, 2.24) is 4.98 Å². The molecular formula is C20H15N3S. The molecule has 1 heterocycles. The van der Waals surface area contributed by atoms with Crippen molar-refractivity contribution >= 4 is 45.0 Å². The summed E-state index contributed by atoms with van der Waals surface area (Å²) in [4.78, 5) is 8.94. The summed E-state index contributed by atoms with van der Waals surface area (Å²) in [5.41, 5.74) is 2.09. The lowest BCUT2D eigenvalue weighted by Crippen LogP contribution is -1.89. The molecule has 1 N–H and O–H groups in total. The number of thiazole rings is 1. The monoisotopic (exact) mass is 329 g/mol. The predicted octanol–water partition coefficient (Wildman–Crippen LogP) is 5.79. The summed E-state index contributed by atoms with van der Waals surface area (Å²) >= 11 is 1.52. The van der Waals surface area contributed by atoms with Crippen LogP contribution >= 0.6 is 11.3 Å². The second-order valence-electron chi connectivity index (χ2n) is 5.37. The Kier molecular flexibility index (Phi) is 4.04. The maximum Gasteiger partial charge on any atom is 0.211 e. The standard InChI is InChI=1S/C20H15N3S/c1-2-6-15(7-3-1)13-21-20-23-19(14-24-20)22-18-11-10-16-8-4-5-9-17(16)12-18/h1-14,22H/b21-13+. The zero-order valence-corrected chi connectivity index (χ0v) is 13.7. The van der Waals surface area contributed by atoms with Gasteiger partial charge in [0.15, 0.2) is 0 Å². The minimum Gasteiger partial charge on any atom is -0.339 e. The molecule has 24 heavy (non-hydrogen) atoms. The molecule has 0 saturated heterocycles. The van der Waals surface area contributed by atoms with Gasteiger partial charge >= 0.3 is 0 Å². The van der Waals surface area contributed by atoms with Crippen LogP contribution in [0.2, 0.25) is 0 Å². The van der Waals surface area contributed by atoms with E-state index < -0.39 is 0 Å². The van der Waals surface area contributed by atoms with Gasteiger partial charge < -0.3 is 5.32 Å². The summed E-state index contributed by atoms with van der Waals surface area (Å²) in [7, 11) is 0. The Morgan fingerprint density at radius 3 is 2.54 bits per heavy atom. The molecule has 0 saturated carbocycles. The number of aromatic nitrogens is 1. The van der Waals surface area contributed by atoms with Crippen molar-refractivity contribution in [2.45, 2.75) is 0 Å². The maximum absolute atomic E-state index is 4.51. The Morgan fingerprint density at radius 1 is 0.875 bits per heavy atom. The van der Waals surface area contributed by atoms with Crippen molar-refractivity contribution in [2.75, 3.05) is 5.32 Å². The fourth-order valence-corrected chi connectivity index (χ4v) is 3.06. The Labute approximate surface area is 144 Å². The van der Waals surface area contributed by atoms with Crippen LogP contribution in [0.5, 0.6) is 0 Å². The average Bonchev–Trinajstić information content (AvgIpc) is 3.08. The number of nitrogens with one attached hydrogen (secondary N) is 1. The van der Waals surface area contributed by atoms with Crippen LogP contribution in [-0.4, -0.2) is 11.2 Å². The molecule has 3 nitrogen and oxygen atoms in total. The van der Waals surface area contributed by atoms with E-state index in [0.29, 0.717) is 0 Å². The fourth-order valence-electron chi connectivity index (χ4n) is 2.46. The van der Waals surface area contributed by atoms with Crippen molar-refractivity contribution < 1.29 is 0 Å². The molecule has 0 fully saturated rings. The summed E-state index contributed by atoms with van der Waals surface area (Å²) in [6.45, 7) is 0. The lowest BCUT2D eigenvalue weighted by Gasteiger charge is -2.04. The third-order valence-electron chi connectivity index (χ3n) is 3.64. The van der Waals surface area contributed by atoms with Gasteiger partial charge in [-0.3, -0.25) is 0 Å². The number of hydrogen-bond acceptors (Lipinski definition) is 4. The third kappa shape index (κ3) is 3.34. The summed E-state index contributed by atoms with van der Waals surface area (Å²) in [5, 5.41) is 8.50. The van der Waals surface area contributed by atoms with Crippen LogP contribution in [-0.2, 0) is 0 Å². The molecule has 116 valence electrons. The molecule has 3 aromatic carbocycles. The van der Waals surface area contributed by atoms with E-state index in [4.69, 9.17) is 0 Å². The van der Waals surface area contributed by atoms with Crippen LogP contribution in [0.4, 0.5) is 16.6 Å². The van der Waals surface area contributed by atoms with Gasteiger partial charge in [-0.05, 0) is 28.5 Å². The second-order valence-corrected chi connectivity index (χ2v) is 6.21. The minimum atomic E-state index is 0.738. The van der Waals surface area contributed by atoms with Crippen molar-refractivity contribution in [2.24, 2.45) is 4.99 Å². The van der Waals surface area contributed by atoms with E-state index in [0.717, 1.165) is 22.2 Å². The van der Waals surface area contributed by atoms with Crippen LogP contribution < -0.4 is 5.32 Å². The fraction of sp³-hybridized carbons (Fsp3) is 0. The maximum atomic E-state index is 4.51. The lowest BCUT2D eigenvalue weighted by molar-refractivity contribution is 1.34. The lowest BCUT2D eigenvalue weighted by atomic mass is 10.1. The second kappa shape index (κ2) is 6.64. The molecule has 0 aliphatic heterocycles. The normalized spacial score (nSPS) is 11.2. The Bertz CT molecular complexity index is 990. The van der Waals surface area contributed by atoms with Gasteiger partial charge in [-0.15, -0.1) is 11.3 Å². The molecule has 0 aliphatic rings.